The molecule has 0 aliphatic heterocycles. The van der Waals surface area contributed by atoms with E-state index in [-0.39, 0.29) is 28.6 Å². The normalized spacial score (nSPS) is 18.5. The summed E-state index contributed by atoms with van der Waals surface area (Å²) in [6.45, 7) is 0. The molecule has 0 bridgehead atoms. The fourth-order valence-electron chi connectivity index (χ4n) is 4.71. The molecule has 0 N–H and O–H groups in total. The van der Waals surface area contributed by atoms with Gasteiger partial charge in [-0.3, -0.25) is 9.98 Å². The number of rotatable bonds is 4. The number of nitrogens with zero attached hydrogens (tertiary/aromatic N) is 2. The molecule has 4 rings (SSSR count). The van der Waals surface area contributed by atoms with Gasteiger partial charge in [-0.15, -0.1) is 11.5 Å². The fourth-order valence-corrected chi connectivity index (χ4v) is 4.71. The van der Waals surface area contributed by atoms with E-state index in [4.69, 9.17) is 0 Å². The zero-order valence-corrected chi connectivity index (χ0v) is 21.8. The first-order valence-electron chi connectivity index (χ1n) is 13.3. The molecule has 2 aromatic rings. The summed E-state index contributed by atoms with van der Waals surface area (Å²) in [5.74, 6) is 0.143. The molecule has 2 fully saturated rings. The van der Waals surface area contributed by atoms with Gasteiger partial charge in [0.1, 0.15) is 0 Å². The Labute approximate surface area is 222 Å². The van der Waals surface area contributed by atoms with E-state index in [1.807, 2.05) is 24.3 Å². The minimum absolute atomic E-state index is 0. The van der Waals surface area contributed by atoms with E-state index < -0.39 is 0 Å². The quantitative estimate of drug-likeness (QED) is 0.335. The summed E-state index contributed by atoms with van der Waals surface area (Å²) < 4.78 is 0. The molecule has 0 atom stereocenters. The van der Waals surface area contributed by atoms with Crippen LogP contribution >= 0.6 is 0 Å². The molecule has 0 heterocycles. The summed E-state index contributed by atoms with van der Waals surface area (Å²) in [5.41, 5.74) is 1.43. The van der Waals surface area contributed by atoms with Gasteiger partial charge in [0, 0.05) is 24.5 Å². The van der Waals surface area contributed by atoms with Crippen LogP contribution in [0, 0.1) is 0 Å². The molecule has 2 aliphatic carbocycles. The Morgan fingerprint density at radius 1 is 0.514 bits per heavy atom. The van der Waals surface area contributed by atoms with Crippen LogP contribution in [-0.4, -0.2) is 24.5 Å². The van der Waals surface area contributed by atoms with Crippen LogP contribution in [0.4, 0.5) is 0 Å². The summed E-state index contributed by atoms with van der Waals surface area (Å²) in [6.07, 6.45) is 21.5. The molecule has 2 aliphatic rings. The van der Waals surface area contributed by atoms with Crippen molar-refractivity contribution in [2.24, 2.45) is 9.98 Å². The number of benzene rings is 2. The van der Waals surface area contributed by atoms with E-state index >= 15 is 0 Å². The van der Waals surface area contributed by atoms with Crippen molar-refractivity contribution in [3.63, 3.8) is 0 Å². The average Bonchev–Trinajstić information content (AvgIpc) is 2.80. The van der Waals surface area contributed by atoms with Gasteiger partial charge in [0.15, 0.2) is 0 Å². The predicted molar refractivity (Wildman–Crippen MR) is 139 cm³/mol. The Morgan fingerprint density at radius 2 is 0.829 bits per heavy atom. The molecule has 2 aromatic carbocycles. The first-order chi connectivity index (χ1) is 16.7. The van der Waals surface area contributed by atoms with Crippen LogP contribution in [-0.2, 0) is 17.1 Å². The van der Waals surface area contributed by atoms with Crippen molar-refractivity contribution in [2.45, 2.75) is 102 Å². The maximum Gasteiger partial charge on any atom is 2.00 e. The Kier molecular flexibility index (Phi) is 14.4. The Balaban J connectivity index is 0.000000240. The second-order valence-electron chi connectivity index (χ2n) is 9.63. The zero-order valence-electron chi connectivity index (χ0n) is 20.8. The monoisotopic (exact) mass is 523 g/mol. The molecular weight excluding hydrogens is 484 g/mol. The minimum Gasteiger partial charge on any atom is -0.872 e. The van der Waals surface area contributed by atoms with Crippen LogP contribution < -0.4 is 10.2 Å². The van der Waals surface area contributed by atoms with Gasteiger partial charge in [-0.25, -0.2) is 0 Å². The van der Waals surface area contributed by atoms with Crippen molar-refractivity contribution < 1.29 is 27.3 Å². The molecule has 5 heteroatoms. The van der Waals surface area contributed by atoms with Crippen molar-refractivity contribution in [3.05, 3.63) is 59.7 Å². The van der Waals surface area contributed by atoms with E-state index in [1.165, 1.54) is 89.9 Å². The Hall–Kier alpha value is -2.10. The third-order valence-electron chi connectivity index (χ3n) is 6.84. The first-order valence-corrected chi connectivity index (χ1v) is 13.3. The number of para-hydroxylation sites is 2. The maximum absolute atomic E-state index is 11.5. The van der Waals surface area contributed by atoms with Gasteiger partial charge in [0.25, 0.3) is 0 Å². The maximum atomic E-state index is 11.5. The van der Waals surface area contributed by atoms with Crippen LogP contribution in [0.1, 0.15) is 101 Å². The fraction of sp³-hybridized carbons (Fsp3) is 0.533. The van der Waals surface area contributed by atoms with Gasteiger partial charge in [-0.05, 0) is 36.8 Å². The summed E-state index contributed by atoms with van der Waals surface area (Å²) in [7, 11) is 0. The molecule has 193 valence electrons. The van der Waals surface area contributed by atoms with Gasteiger partial charge >= 0.3 is 17.1 Å². The number of hydrogen-bond donors (Lipinski definition) is 0. The van der Waals surface area contributed by atoms with Crippen molar-refractivity contribution in [1.29, 1.82) is 0 Å². The van der Waals surface area contributed by atoms with Crippen molar-refractivity contribution in [3.8, 4) is 11.5 Å². The average molecular weight is 524 g/mol. The summed E-state index contributed by atoms with van der Waals surface area (Å²) in [6, 6.07) is 15.1. The summed E-state index contributed by atoms with van der Waals surface area (Å²) in [4.78, 5) is 9.18. The molecule has 0 spiro atoms. The van der Waals surface area contributed by atoms with Crippen molar-refractivity contribution in [1.82, 2.24) is 0 Å². The van der Waals surface area contributed by atoms with E-state index in [2.05, 4.69) is 9.98 Å². The molecular formula is C30H40CuN2O2. The smallest absolute Gasteiger partial charge is 0.872 e. The summed E-state index contributed by atoms with van der Waals surface area (Å²) in [5, 5.41) is 23.0. The second-order valence-corrected chi connectivity index (χ2v) is 9.63. The number of aliphatic imine (C=N–C) groups is 2. The van der Waals surface area contributed by atoms with Crippen LogP contribution in [0.5, 0.6) is 11.5 Å². The molecule has 1 radical (unpaired) electrons. The van der Waals surface area contributed by atoms with Crippen LogP contribution in [0.2, 0.25) is 0 Å². The van der Waals surface area contributed by atoms with Gasteiger partial charge in [-0.2, -0.15) is 0 Å². The van der Waals surface area contributed by atoms with Gasteiger partial charge < -0.3 is 10.2 Å². The molecule has 0 unspecified atom stereocenters. The topological polar surface area (TPSA) is 70.8 Å². The third-order valence-corrected chi connectivity index (χ3v) is 6.84. The molecule has 4 nitrogen and oxygen atoms in total. The van der Waals surface area contributed by atoms with Gasteiger partial charge in [-0.1, -0.05) is 113 Å². The van der Waals surface area contributed by atoms with Crippen molar-refractivity contribution in [2.75, 3.05) is 0 Å². The largest absolute Gasteiger partial charge is 2.00 e. The standard InChI is InChI=1S/2C15H21NO.Cu/c2*17-15-11-7-6-8-13(15)12-16-14-9-4-2-1-3-5-10-14;/h2*6-8,11-12,14,17H,1-5,9-10H2;/q;;+2/p-2. The molecule has 35 heavy (non-hydrogen) atoms. The Morgan fingerprint density at radius 3 is 1.17 bits per heavy atom. The van der Waals surface area contributed by atoms with Gasteiger partial charge in [0.05, 0.1) is 0 Å². The van der Waals surface area contributed by atoms with Crippen LogP contribution in [0.3, 0.4) is 0 Å². The summed E-state index contributed by atoms with van der Waals surface area (Å²) >= 11 is 0. The van der Waals surface area contributed by atoms with E-state index in [0.717, 1.165) is 11.1 Å². The minimum atomic E-state index is 0. The van der Waals surface area contributed by atoms with E-state index in [1.54, 1.807) is 36.7 Å². The predicted octanol–water partition coefficient (Wildman–Crippen LogP) is 6.58. The second kappa shape index (κ2) is 17.3. The van der Waals surface area contributed by atoms with Crippen molar-refractivity contribution >= 4 is 12.4 Å². The van der Waals surface area contributed by atoms with Gasteiger partial charge in [0.2, 0.25) is 0 Å². The molecule has 2 saturated carbocycles. The first kappa shape index (κ1) is 29.1. The Bertz CT molecular complexity index is 810. The molecule has 0 amide bonds. The zero-order chi connectivity index (χ0) is 23.8. The van der Waals surface area contributed by atoms with Crippen LogP contribution in [0.15, 0.2) is 58.5 Å². The van der Waals surface area contributed by atoms with Crippen LogP contribution in [0.25, 0.3) is 0 Å². The molecule has 0 aromatic heterocycles. The van der Waals surface area contributed by atoms with E-state index in [9.17, 15) is 10.2 Å². The SMILES string of the molecule is [Cu+2].[O-]c1ccccc1C=NC1CCCCCCC1.[O-]c1ccccc1C=NC1CCCCCCC1. The third kappa shape index (κ3) is 11.5. The molecule has 0 saturated heterocycles. The van der Waals surface area contributed by atoms with E-state index in [0.29, 0.717) is 12.1 Å². The number of hydrogen-bond acceptors (Lipinski definition) is 4.